The summed E-state index contributed by atoms with van der Waals surface area (Å²) < 4.78 is 39.6. The number of ether oxygens (including phenoxy) is 2. The summed E-state index contributed by atoms with van der Waals surface area (Å²) in [5.41, 5.74) is 9.74. The topological polar surface area (TPSA) is 130 Å². The van der Waals surface area contributed by atoms with Crippen molar-refractivity contribution in [2.24, 2.45) is 5.11 Å². The lowest BCUT2D eigenvalue weighted by Gasteiger charge is -2.18. The number of unbranched alkanes of at least 4 members (excludes halogenated alkanes) is 3. The zero-order chi connectivity index (χ0) is 25.4. The molecule has 2 aromatic carbocycles. The van der Waals surface area contributed by atoms with Gasteiger partial charge in [-0.15, -0.1) is 0 Å². The van der Waals surface area contributed by atoms with Crippen LogP contribution >= 0.6 is 0 Å². The third-order valence-electron chi connectivity index (χ3n) is 5.27. The van der Waals surface area contributed by atoms with E-state index >= 15 is 0 Å². The van der Waals surface area contributed by atoms with Crippen LogP contribution in [0, 0.1) is 0 Å². The molecule has 0 amide bonds. The van der Waals surface area contributed by atoms with E-state index in [0.29, 0.717) is 30.9 Å². The summed E-state index contributed by atoms with van der Waals surface area (Å²) in [6, 6.07) is 16.1. The number of nitrogens with one attached hydrogen (secondary N) is 1. The van der Waals surface area contributed by atoms with Crippen molar-refractivity contribution in [2.45, 2.75) is 57.3 Å². The first-order valence-corrected chi connectivity index (χ1v) is 13.4. The van der Waals surface area contributed by atoms with E-state index in [0.717, 1.165) is 31.2 Å². The van der Waals surface area contributed by atoms with Crippen LogP contribution in [0.4, 0.5) is 0 Å². The first kappa shape index (κ1) is 28.2. The monoisotopic (exact) mass is 502 g/mol. The van der Waals surface area contributed by atoms with E-state index in [4.69, 9.17) is 15.0 Å². The number of nitrogens with zero attached hydrogens (tertiary/aromatic N) is 3. The van der Waals surface area contributed by atoms with Crippen LogP contribution in [0.3, 0.4) is 0 Å². The van der Waals surface area contributed by atoms with Gasteiger partial charge in [0, 0.05) is 24.4 Å². The fourth-order valence-electron chi connectivity index (χ4n) is 3.29. The molecule has 0 aliphatic carbocycles. The normalized spacial score (nSPS) is 11.9. The third kappa shape index (κ3) is 10.8. The Kier molecular flexibility index (Phi) is 12.7. The average Bonchev–Trinajstić information content (AvgIpc) is 2.87. The quantitative estimate of drug-likeness (QED) is 0.108. The Labute approximate surface area is 207 Å². The van der Waals surface area contributed by atoms with Crippen molar-refractivity contribution in [3.05, 3.63) is 76.2 Å². The maximum absolute atomic E-state index is 13.0. The molecule has 0 aliphatic heterocycles. The van der Waals surface area contributed by atoms with E-state index in [-0.39, 0.29) is 19.6 Å². The molecule has 9 nitrogen and oxygen atoms in total. The van der Waals surface area contributed by atoms with Crippen LogP contribution in [0.5, 0.6) is 5.75 Å². The molecule has 35 heavy (non-hydrogen) atoms. The highest BCUT2D eigenvalue weighted by Crippen LogP contribution is 2.17. The molecule has 0 heterocycles. The molecule has 0 saturated carbocycles. The molecule has 0 bridgehead atoms. The lowest BCUT2D eigenvalue weighted by Crippen LogP contribution is -2.42. The van der Waals surface area contributed by atoms with Gasteiger partial charge in [0.1, 0.15) is 12.4 Å². The molecule has 2 rings (SSSR count). The summed E-state index contributed by atoms with van der Waals surface area (Å²) in [6.07, 6.45) is 4.04. The molecule has 1 atom stereocenters. The van der Waals surface area contributed by atoms with Gasteiger partial charge in [-0.05, 0) is 48.1 Å². The van der Waals surface area contributed by atoms with Gasteiger partial charge in [0.25, 0.3) is 0 Å². The van der Waals surface area contributed by atoms with Crippen molar-refractivity contribution in [3.63, 3.8) is 0 Å². The van der Waals surface area contributed by atoms with Gasteiger partial charge in [-0.2, -0.15) is 0 Å². The van der Waals surface area contributed by atoms with Crippen molar-refractivity contribution in [2.75, 3.05) is 19.7 Å². The summed E-state index contributed by atoms with van der Waals surface area (Å²) in [6.45, 7) is 3.24. The molecule has 2 aromatic rings. The molecule has 190 valence electrons. The van der Waals surface area contributed by atoms with Gasteiger partial charge in [0.05, 0.1) is 6.61 Å². The number of sulfonamides is 1. The van der Waals surface area contributed by atoms with Crippen LogP contribution in [0.25, 0.3) is 10.4 Å². The summed E-state index contributed by atoms with van der Waals surface area (Å²) in [5.74, 6) is -0.140. The van der Waals surface area contributed by atoms with Crippen molar-refractivity contribution in [1.29, 1.82) is 0 Å². The zero-order valence-electron chi connectivity index (χ0n) is 20.1. The molecule has 0 spiro atoms. The van der Waals surface area contributed by atoms with Gasteiger partial charge in [-0.1, -0.05) is 67.3 Å². The van der Waals surface area contributed by atoms with E-state index in [2.05, 4.69) is 14.7 Å². The van der Waals surface area contributed by atoms with Crippen LogP contribution in [-0.2, 0) is 32.6 Å². The third-order valence-corrected chi connectivity index (χ3v) is 6.99. The highest BCUT2D eigenvalue weighted by Gasteiger charge is 2.34. The minimum Gasteiger partial charge on any atom is -0.494 e. The first-order valence-electron chi connectivity index (χ1n) is 11.9. The van der Waals surface area contributed by atoms with Crippen LogP contribution < -0.4 is 9.46 Å². The second-order valence-electron chi connectivity index (χ2n) is 8.09. The Morgan fingerprint density at radius 1 is 1.03 bits per heavy atom. The molecule has 1 N–H and O–H groups in total. The molecular formula is C25H34N4O5S. The Bertz CT molecular complexity index is 1040. The largest absolute Gasteiger partial charge is 0.494 e. The molecular weight excluding hydrogens is 468 g/mol. The van der Waals surface area contributed by atoms with Gasteiger partial charge in [-0.3, -0.25) is 4.79 Å². The lowest BCUT2D eigenvalue weighted by atomic mass is 10.1. The van der Waals surface area contributed by atoms with Crippen molar-refractivity contribution in [3.8, 4) is 5.75 Å². The molecule has 1 unspecified atom stereocenters. The van der Waals surface area contributed by atoms with E-state index < -0.39 is 21.2 Å². The molecule has 0 saturated heterocycles. The van der Waals surface area contributed by atoms with E-state index in [9.17, 15) is 13.2 Å². The number of carbonyl (C=O) groups excluding carboxylic acids is 1. The summed E-state index contributed by atoms with van der Waals surface area (Å²) in [5, 5.41) is 2.12. The average molecular weight is 503 g/mol. The van der Waals surface area contributed by atoms with Gasteiger partial charge >= 0.3 is 5.97 Å². The highest BCUT2D eigenvalue weighted by atomic mass is 32.2. The van der Waals surface area contributed by atoms with Crippen LogP contribution in [0.2, 0.25) is 0 Å². The minimum absolute atomic E-state index is 0.00792. The number of azide groups is 1. The summed E-state index contributed by atoms with van der Waals surface area (Å²) in [7, 11) is -3.93. The Morgan fingerprint density at radius 3 is 2.46 bits per heavy atom. The van der Waals surface area contributed by atoms with Crippen molar-refractivity contribution in [1.82, 2.24) is 4.72 Å². The predicted octanol–water partition coefficient (Wildman–Crippen LogP) is 4.92. The van der Waals surface area contributed by atoms with Gasteiger partial charge in [0.15, 0.2) is 5.25 Å². The fourth-order valence-corrected chi connectivity index (χ4v) is 4.65. The van der Waals surface area contributed by atoms with Gasteiger partial charge in [0.2, 0.25) is 10.0 Å². The minimum atomic E-state index is -3.93. The van der Waals surface area contributed by atoms with Crippen molar-refractivity contribution < 1.29 is 22.7 Å². The molecule has 0 aliphatic rings. The second kappa shape index (κ2) is 15.8. The first-order chi connectivity index (χ1) is 17.0. The predicted molar refractivity (Wildman–Crippen MR) is 135 cm³/mol. The number of esters is 1. The van der Waals surface area contributed by atoms with Gasteiger partial charge in [-0.25, -0.2) is 13.1 Å². The van der Waals surface area contributed by atoms with E-state index in [1.807, 2.05) is 37.3 Å². The number of rotatable bonds is 17. The van der Waals surface area contributed by atoms with Crippen LogP contribution in [-0.4, -0.2) is 39.3 Å². The van der Waals surface area contributed by atoms with E-state index in [1.165, 1.54) is 0 Å². The maximum Gasteiger partial charge on any atom is 0.326 e. The number of benzene rings is 2. The van der Waals surface area contributed by atoms with Crippen LogP contribution in [0.15, 0.2) is 59.7 Å². The Hall–Kier alpha value is -3.07. The number of hydrogen-bond donors (Lipinski definition) is 1. The fraction of sp³-hybridized carbons (Fsp3) is 0.480. The molecule has 10 heteroatoms. The molecule has 0 fully saturated rings. The Morgan fingerprint density at radius 2 is 1.77 bits per heavy atom. The number of hydrogen-bond acceptors (Lipinski definition) is 6. The standard InChI is InChI=1S/C25H34N4O5S/c1-2-3-7-17-28-35(31,32)24(25(30)34-20-22-10-5-4-6-11-22)19-21-12-14-23(15-13-21)33-18-9-8-16-27-29-26/h4-6,10-15,24,28H,2-3,7-9,16-20H2,1H3. The number of carbonyl (C=O) groups is 1. The zero-order valence-corrected chi connectivity index (χ0v) is 21.0. The SMILES string of the molecule is CCCCCNS(=O)(=O)C(Cc1ccc(OCCCCN=[N+]=[N-])cc1)C(=O)OCc1ccccc1. The van der Waals surface area contributed by atoms with E-state index in [1.54, 1.807) is 24.3 Å². The van der Waals surface area contributed by atoms with Crippen molar-refractivity contribution >= 4 is 16.0 Å². The van der Waals surface area contributed by atoms with Gasteiger partial charge < -0.3 is 9.47 Å². The summed E-state index contributed by atoms with van der Waals surface area (Å²) in [4.78, 5) is 15.6. The van der Waals surface area contributed by atoms with Crippen LogP contribution in [0.1, 0.15) is 50.2 Å². The smallest absolute Gasteiger partial charge is 0.326 e. The summed E-state index contributed by atoms with van der Waals surface area (Å²) >= 11 is 0. The highest BCUT2D eigenvalue weighted by molar-refractivity contribution is 7.90. The maximum atomic E-state index is 13.0. The Balaban J connectivity index is 2.02. The molecule has 0 radical (unpaired) electrons. The second-order valence-corrected chi connectivity index (χ2v) is 10.0. The molecule has 0 aromatic heterocycles. The lowest BCUT2D eigenvalue weighted by molar-refractivity contribution is -0.144.